The summed E-state index contributed by atoms with van der Waals surface area (Å²) in [4.78, 5) is 51.6. The second kappa shape index (κ2) is 29.0. The van der Waals surface area contributed by atoms with Gasteiger partial charge in [0.1, 0.15) is 23.3 Å². The lowest BCUT2D eigenvalue weighted by molar-refractivity contribution is 1.34. The summed E-state index contributed by atoms with van der Waals surface area (Å²) in [5.74, 6) is 3.45. The summed E-state index contributed by atoms with van der Waals surface area (Å²) in [5, 5.41) is 30.8. The van der Waals surface area contributed by atoms with Crippen LogP contribution in [-0.2, 0) is 0 Å². The van der Waals surface area contributed by atoms with Crippen LogP contribution in [0.2, 0.25) is 0 Å². The third-order valence-corrected chi connectivity index (χ3v) is 24.2. The number of anilines is 2. The largest absolute Gasteiger partial charge is 0.361 e. The lowest BCUT2D eigenvalue weighted by Crippen LogP contribution is -2.18. The molecule has 0 saturated heterocycles. The summed E-state index contributed by atoms with van der Waals surface area (Å²) in [6.45, 7) is 15.9. The molecule has 0 aliphatic rings. The molecule has 0 bridgehead atoms. The second-order valence-electron chi connectivity index (χ2n) is 31.2. The van der Waals surface area contributed by atoms with Gasteiger partial charge in [0.25, 0.3) is 0 Å². The number of hydrogen-bond donors (Lipinski definition) is 10. The number of aryl methyl sites for hydroxylation is 4. The fourth-order valence-corrected chi connectivity index (χ4v) is 18.4. The molecule has 0 spiro atoms. The van der Waals surface area contributed by atoms with Gasteiger partial charge in [-0.1, -0.05) is 251 Å². The van der Waals surface area contributed by atoms with E-state index in [0.29, 0.717) is 10.8 Å². The molecule has 17 heteroatoms. The fraction of sp³-hybridized carbons (Fsp3) is 0.0385. The molecule has 8 heterocycles. The minimum absolute atomic E-state index is 0.541. The van der Waals surface area contributed by atoms with Gasteiger partial charge in [-0.15, -0.1) is 0 Å². The van der Waals surface area contributed by atoms with Gasteiger partial charge in [0.15, 0.2) is 10.8 Å². The van der Waals surface area contributed by atoms with Crippen LogP contribution in [0.15, 0.2) is 308 Å². The molecule has 0 aliphatic carbocycles. The molecule has 8 aromatic heterocycles. The van der Waals surface area contributed by atoms with E-state index in [1.807, 2.05) is 91.5 Å². The zero-order valence-corrected chi connectivity index (χ0v) is 68.3. The number of hydrogen-bond acceptors (Lipinski definition) is 5. The van der Waals surface area contributed by atoms with E-state index in [1.165, 1.54) is 86.9 Å². The number of aromatic amines is 8. The molecule has 0 atom stereocenters. The first-order valence-electron chi connectivity index (χ1n) is 40.2. The second-order valence-corrected chi connectivity index (χ2v) is 32.5. The third kappa shape index (κ3) is 12.5. The van der Waals surface area contributed by atoms with Crippen molar-refractivity contribution in [1.29, 1.82) is 0 Å². The van der Waals surface area contributed by atoms with Gasteiger partial charge in [-0.2, -0.15) is 0 Å². The maximum atomic E-state index is 7.31. The van der Waals surface area contributed by atoms with Crippen LogP contribution in [-0.4, -0.2) is 64.9 Å². The maximum Gasteiger partial charge on any atom is 0.188 e. The number of nitrogens with zero attached hydrogens (tertiary/aromatic N) is 5. The van der Waals surface area contributed by atoms with Crippen LogP contribution in [0.1, 0.15) is 22.3 Å². The Bertz CT molecular complexity index is 8390. The first-order chi connectivity index (χ1) is 59.3. The molecule has 10 N–H and O–H groups in total. The fourth-order valence-electron chi connectivity index (χ4n) is 17.8. The lowest BCUT2D eigenvalue weighted by Gasteiger charge is -2.12. The van der Waals surface area contributed by atoms with E-state index in [4.69, 9.17) is 38.7 Å². The minimum atomic E-state index is 0.541. The number of nitrogens with one attached hydrogen (secondary N) is 10. The van der Waals surface area contributed by atoms with Crippen LogP contribution in [0.3, 0.4) is 0 Å². The molecule has 121 heavy (non-hydrogen) atoms. The molecule has 0 unspecified atom stereocenters. The van der Waals surface area contributed by atoms with Crippen molar-refractivity contribution in [2.24, 2.45) is 0 Å². The number of fused-ring (bicyclic) bond motifs is 28. The molecule has 25 rings (SSSR count). The monoisotopic (exact) mass is 1640 g/mol. The van der Waals surface area contributed by atoms with Gasteiger partial charge in [0.2, 0.25) is 0 Å². The number of H-pyrrole nitrogens is 8. The van der Waals surface area contributed by atoms with E-state index >= 15 is 0 Å². The Morgan fingerprint density at radius 1 is 0.289 bits per heavy atom. The standard InChI is InChI=1S/C30H21N5S.C25H18BrN3.C25H19N3.C24H14N4/c36-30(32-18-8-2-1-3-9-18)33-19-14-15-21-20-10-4-5-12-23(20)27-28(24(21)16-19)35-29(34-27)25-17-31-26-13-7-6-11-22(25)26;1-13-3-6-16-18(9-13)19-10-14(2)4-7-17(19)24-23(16)28-25(29-24)21-12-27-22-8-5-15(26)11-20(21)22;1-14-7-9-17-19(11-14)20-12-15(2)8-10-18(20)24-23(17)27-25(28-24)21-13-26-22-6-4-3-5-16(21)22;1-25-14-10-11-21-19(12-14)20(13-26-21)24-27-22-17-8-4-2-6-15(17)16-7-3-5-9-18(16)23(22)28-24/h1-17,31H,(H,34,35)(H2,32,33,36);3-12,27H,1-2H3,(H,28,29);3-13,26H,1-2H3,(H,27,28);2-13,26H,(H,27,28). The SMILES string of the molecule is Cc1ccc2c(c1)c1cc(C)ccc1c1[nH]c(-c3c[nH]c4ccc(Br)cc34)nc21.Cc1ccc2c(c1)c1cc(C)ccc1c1[nH]c(-c3c[nH]c4ccccc34)nc21.S=C(Nc1ccccc1)Nc1ccc2c3ccccc3c3[nH]c(-c4c[nH]c5ccccc45)nc3c2c1.[C-]#[N+]c1ccc2[nH]cc(-c3nc4c5ccccc5c5ccccc5c4[nH]3)c2c1. The number of imidazole rings is 4. The molecular formula is C104H72BrN15S. The first kappa shape index (κ1) is 72.0. The Hall–Kier alpha value is -15.5. The summed E-state index contributed by atoms with van der Waals surface area (Å²) in [6.07, 6.45) is 8.06. The van der Waals surface area contributed by atoms with Crippen molar-refractivity contribution in [2.75, 3.05) is 10.6 Å². The van der Waals surface area contributed by atoms with Crippen LogP contribution in [0.25, 0.3) is 224 Å². The van der Waals surface area contributed by atoms with E-state index in [9.17, 15) is 0 Å². The molecule has 0 aliphatic heterocycles. The van der Waals surface area contributed by atoms with Crippen molar-refractivity contribution < 1.29 is 0 Å². The Morgan fingerprint density at radius 2 is 0.612 bits per heavy atom. The highest BCUT2D eigenvalue weighted by Crippen LogP contribution is 2.44. The predicted octanol–water partition coefficient (Wildman–Crippen LogP) is 28.4. The maximum absolute atomic E-state index is 7.31. The first-order valence-corrected chi connectivity index (χ1v) is 41.4. The van der Waals surface area contributed by atoms with Gasteiger partial charge in [-0.3, -0.25) is 0 Å². The molecular weight excluding hydrogens is 1570 g/mol. The van der Waals surface area contributed by atoms with Crippen LogP contribution in [0, 0.1) is 34.3 Å². The minimum Gasteiger partial charge on any atom is -0.361 e. The van der Waals surface area contributed by atoms with E-state index in [1.54, 1.807) is 0 Å². The van der Waals surface area contributed by atoms with Crippen molar-refractivity contribution in [3.63, 3.8) is 0 Å². The van der Waals surface area contributed by atoms with Gasteiger partial charge in [0, 0.05) is 144 Å². The summed E-state index contributed by atoms with van der Waals surface area (Å²) in [5.41, 5.74) is 24.3. The smallest absolute Gasteiger partial charge is 0.188 e. The number of aromatic nitrogens is 12. The highest BCUT2D eigenvalue weighted by molar-refractivity contribution is 9.10. The zero-order valence-electron chi connectivity index (χ0n) is 65.9. The van der Waals surface area contributed by atoms with Crippen molar-refractivity contribution >= 4 is 224 Å². The number of rotatable bonds is 6. The molecule has 0 saturated carbocycles. The number of thiocarbonyl (C=S) groups is 1. The van der Waals surface area contributed by atoms with E-state index in [2.05, 4.69) is 311 Å². The van der Waals surface area contributed by atoms with Crippen LogP contribution >= 0.6 is 28.1 Å². The van der Waals surface area contributed by atoms with Crippen LogP contribution < -0.4 is 10.6 Å². The highest BCUT2D eigenvalue weighted by Gasteiger charge is 2.23. The van der Waals surface area contributed by atoms with E-state index < -0.39 is 0 Å². The Morgan fingerprint density at radius 3 is 1.07 bits per heavy atom. The molecule has 0 radical (unpaired) electrons. The topological polar surface area (TPSA) is 206 Å². The molecule has 17 aromatic carbocycles. The van der Waals surface area contributed by atoms with Gasteiger partial charge >= 0.3 is 0 Å². The van der Waals surface area contributed by atoms with Gasteiger partial charge in [0.05, 0.1) is 50.7 Å². The number of para-hydroxylation sites is 3. The average molecular weight is 1640 g/mol. The highest BCUT2D eigenvalue weighted by atomic mass is 79.9. The molecule has 0 amide bonds. The molecule has 15 nitrogen and oxygen atoms in total. The Kier molecular flexibility index (Phi) is 17.3. The Balaban J connectivity index is 0.0000000971. The normalized spacial score (nSPS) is 11.7. The van der Waals surface area contributed by atoms with Crippen molar-refractivity contribution in [3.8, 4) is 45.6 Å². The molecule has 576 valence electrons. The quantitative estimate of drug-likeness (QED) is 0.0442. The van der Waals surface area contributed by atoms with E-state index in [-0.39, 0.29) is 0 Å². The third-order valence-electron chi connectivity index (χ3n) is 23.5. The van der Waals surface area contributed by atoms with Gasteiger partial charge in [-0.05, 0) is 155 Å². The molecule has 0 fully saturated rings. The van der Waals surface area contributed by atoms with Crippen LogP contribution in [0.5, 0.6) is 0 Å². The van der Waals surface area contributed by atoms with Gasteiger partial charge < -0.3 is 50.5 Å². The van der Waals surface area contributed by atoms with Crippen molar-refractivity contribution in [3.05, 3.63) is 342 Å². The molecule has 25 aromatic rings. The number of halogens is 1. The number of benzene rings is 17. The summed E-state index contributed by atoms with van der Waals surface area (Å²) in [6, 6.07) is 96.8. The summed E-state index contributed by atoms with van der Waals surface area (Å²) in [7, 11) is 0. The average Bonchev–Trinajstić information content (AvgIpc) is 1.75. The van der Waals surface area contributed by atoms with Gasteiger partial charge in [-0.25, -0.2) is 24.8 Å². The van der Waals surface area contributed by atoms with Crippen molar-refractivity contribution in [1.82, 2.24) is 59.8 Å². The zero-order chi connectivity index (χ0) is 81.3. The van der Waals surface area contributed by atoms with Crippen LogP contribution in [0.4, 0.5) is 17.1 Å². The van der Waals surface area contributed by atoms with E-state index in [0.717, 1.165) is 171 Å². The lowest BCUT2D eigenvalue weighted by atomic mass is 9.97. The summed E-state index contributed by atoms with van der Waals surface area (Å²) >= 11 is 9.16. The summed E-state index contributed by atoms with van der Waals surface area (Å²) < 4.78 is 1.06. The predicted molar refractivity (Wildman–Crippen MR) is 513 cm³/mol. The van der Waals surface area contributed by atoms with Crippen molar-refractivity contribution in [2.45, 2.75) is 27.7 Å². The Labute approximate surface area is 704 Å².